The number of aromatic nitrogens is 5. The van der Waals surface area contributed by atoms with E-state index >= 15 is 0 Å². The van der Waals surface area contributed by atoms with E-state index in [9.17, 15) is 0 Å². The molecule has 0 saturated carbocycles. The van der Waals surface area contributed by atoms with Crippen molar-refractivity contribution < 1.29 is 0 Å². The van der Waals surface area contributed by atoms with Crippen molar-refractivity contribution in [2.45, 2.75) is 18.9 Å². The van der Waals surface area contributed by atoms with Crippen LogP contribution in [0.4, 0.5) is 5.82 Å². The van der Waals surface area contributed by atoms with Gasteiger partial charge in [0.25, 0.3) is 0 Å². The Morgan fingerprint density at radius 1 is 1.39 bits per heavy atom. The van der Waals surface area contributed by atoms with Gasteiger partial charge >= 0.3 is 0 Å². The fourth-order valence-corrected chi connectivity index (χ4v) is 2.37. The van der Waals surface area contributed by atoms with Crippen LogP contribution in [0, 0.1) is 0 Å². The van der Waals surface area contributed by atoms with E-state index in [-0.39, 0.29) is 13.5 Å². The number of likely N-dealkylation sites (tertiary alicyclic amines) is 1. The topological polar surface area (TPSA) is 85.8 Å². The number of rotatable bonds is 1. The monoisotopic (exact) mass is 267 g/mol. The maximum Gasteiger partial charge on any atom is 0.184 e. The van der Waals surface area contributed by atoms with Crippen molar-refractivity contribution >= 4 is 30.5 Å². The molecule has 0 aromatic carbocycles. The fourth-order valence-electron chi connectivity index (χ4n) is 2.37. The van der Waals surface area contributed by atoms with Gasteiger partial charge in [-0.25, -0.2) is 14.6 Å². The van der Waals surface area contributed by atoms with Crippen LogP contribution in [-0.4, -0.2) is 50.0 Å². The van der Waals surface area contributed by atoms with E-state index in [2.05, 4.69) is 32.2 Å². The second kappa shape index (κ2) is 5.07. The van der Waals surface area contributed by atoms with E-state index in [4.69, 9.17) is 5.73 Å². The normalized spacial score (nSPS) is 20.8. The molecule has 0 unspecified atom stereocenters. The summed E-state index contributed by atoms with van der Waals surface area (Å²) in [6.45, 7) is 2.11. The number of anilines is 1. The third kappa shape index (κ3) is 2.13. The van der Waals surface area contributed by atoms with Crippen LogP contribution in [0.3, 0.4) is 0 Å². The summed E-state index contributed by atoms with van der Waals surface area (Å²) in [6.07, 6.45) is 3.74. The molecule has 1 aliphatic rings. The molecule has 0 amide bonds. The van der Waals surface area contributed by atoms with Gasteiger partial charge in [0.1, 0.15) is 6.33 Å². The van der Waals surface area contributed by atoms with Gasteiger partial charge in [-0.05, 0) is 26.4 Å². The minimum atomic E-state index is 0. The zero-order valence-corrected chi connectivity index (χ0v) is 11.2. The molecule has 2 aromatic rings. The molecule has 1 fully saturated rings. The highest BCUT2D eigenvalue weighted by molar-refractivity contribution is 7.59. The molecule has 0 bridgehead atoms. The first-order valence-corrected chi connectivity index (χ1v) is 5.75. The van der Waals surface area contributed by atoms with Crippen LogP contribution >= 0.6 is 13.5 Å². The molecule has 0 aliphatic carbocycles. The molecule has 1 atom stereocenters. The quantitative estimate of drug-likeness (QED) is 0.793. The summed E-state index contributed by atoms with van der Waals surface area (Å²) in [5.74, 6) is 0.394. The Morgan fingerprint density at radius 2 is 2.22 bits per heavy atom. The van der Waals surface area contributed by atoms with Gasteiger partial charge in [0.2, 0.25) is 0 Å². The number of piperidine rings is 1. The van der Waals surface area contributed by atoms with Crippen molar-refractivity contribution in [3.8, 4) is 0 Å². The van der Waals surface area contributed by atoms with E-state index in [1.165, 1.54) is 12.7 Å². The van der Waals surface area contributed by atoms with Gasteiger partial charge in [0.15, 0.2) is 17.0 Å². The molecule has 1 saturated heterocycles. The SMILES string of the molecule is CN1CCC[C@H](n2nnc3c(N)ncnc32)C1.S. The minimum absolute atomic E-state index is 0. The summed E-state index contributed by atoms with van der Waals surface area (Å²) in [6, 6.07) is 0.327. The van der Waals surface area contributed by atoms with Crippen molar-refractivity contribution in [1.82, 2.24) is 29.9 Å². The van der Waals surface area contributed by atoms with Crippen molar-refractivity contribution in [2.24, 2.45) is 0 Å². The Hall–Kier alpha value is -1.41. The Morgan fingerprint density at radius 3 is 3.00 bits per heavy atom. The maximum atomic E-state index is 5.75. The lowest BCUT2D eigenvalue weighted by molar-refractivity contribution is 0.203. The van der Waals surface area contributed by atoms with E-state index in [1.807, 2.05) is 4.68 Å². The molecular formula is C10H17N7S. The standard InChI is InChI=1S/C10H15N7.H2S/c1-16-4-2-3-7(5-16)17-10-8(14-15-17)9(11)12-6-13-10;/h6-7H,2-5H2,1H3,(H2,11,12,13);1H2/t7-;/m0./s1. The second-order valence-corrected chi connectivity index (χ2v) is 4.52. The summed E-state index contributed by atoms with van der Waals surface area (Å²) in [7, 11) is 2.12. The number of hydrogen-bond donors (Lipinski definition) is 1. The zero-order valence-electron chi connectivity index (χ0n) is 10.2. The maximum absolute atomic E-state index is 5.75. The van der Waals surface area contributed by atoms with Gasteiger partial charge in [-0.3, -0.25) is 0 Å². The van der Waals surface area contributed by atoms with Gasteiger partial charge in [0.05, 0.1) is 6.04 Å². The van der Waals surface area contributed by atoms with Crippen molar-refractivity contribution in [2.75, 3.05) is 25.9 Å². The highest BCUT2D eigenvalue weighted by atomic mass is 32.1. The van der Waals surface area contributed by atoms with Crippen molar-refractivity contribution in [3.63, 3.8) is 0 Å². The molecule has 2 aromatic heterocycles. The molecule has 3 heterocycles. The number of fused-ring (bicyclic) bond motifs is 1. The average molecular weight is 267 g/mol. The first kappa shape index (κ1) is 13.0. The van der Waals surface area contributed by atoms with Gasteiger partial charge in [-0.1, -0.05) is 5.21 Å². The predicted molar refractivity (Wildman–Crippen MR) is 73.7 cm³/mol. The second-order valence-electron chi connectivity index (χ2n) is 4.52. The van der Waals surface area contributed by atoms with E-state index < -0.39 is 0 Å². The van der Waals surface area contributed by atoms with Crippen LogP contribution in [0.5, 0.6) is 0 Å². The van der Waals surface area contributed by atoms with Crippen LogP contribution < -0.4 is 5.73 Å². The first-order chi connectivity index (χ1) is 8.25. The number of hydrogen-bond acceptors (Lipinski definition) is 6. The highest BCUT2D eigenvalue weighted by Gasteiger charge is 2.22. The molecular weight excluding hydrogens is 250 g/mol. The summed E-state index contributed by atoms with van der Waals surface area (Å²) < 4.78 is 1.88. The molecule has 98 valence electrons. The van der Waals surface area contributed by atoms with Crippen molar-refractivity contribution in [1.29, 1.82) is 0 Å². The Kier molecular flexibility index (Phi) is 3.67. The van der Waals surface area contributed by atoms with Crippen LogP contribution in [0.15, 0.2) is 6.33 Å². The third-order valence-corrected chi connectivity index (χ3v) is 3.23. The lowest BCUT2D eigenvalue weighted by Gasteiger charge is -2.29. The average Bonchev–Trinajstić information content (AvgIpc) is 2.74. The summed E-state index contributed by atoms with van der Waals surface area (Å²) in [4.78, 5) is 10.4. The lowest BCUT2D eigenvalue weighted by Crippen LogP contribution is -2.34. The van der Waals surface area contributed by atoms with E-state index in [0.717, 1.165) is 25.2 Å². The molecule has 0 spiro atoms. The molecule has 3 rings (SSSR count). The molecule has 7 nitrogen and oxygen atoms in total. The number of nitrogens with zero attached hydrogens (tertiary/aromatic N) is 6. The lowest BCUT2D eigenvalue weighted by atomic mass is 10.1. The Balaban J connectivity index is 0.00000120. The van der Waals surface area contributed by atoms with E-state index in [1.54, 1.807) is 0 Å². The first-order valence-electron chi connectivity index (χ1n) is 5.75. The zero-order chi connectivity index (χ0) is 11.8. The van der Waals surface area contributed by atoms with Crippen LogP contribution in [0.25, 0.3) is 11.2 Å². The smallest absolute Gasteiger partial charge is 0.184 e. The van der Waals surface area contributed by atoms with Gasteiger partial charge < -0.3 is 10.6 Å². The van der Waals surface area contributed by atoms with Gasteiger partial charge in [-0.15, -0.1) is 5.10 Å². The summed E-state index contributed by atoms with van der Waals surface area (Å²) in [5.41, 5.74) is 7.08. The minimum Gasteiger partial charge on any atom is -0.382 e. The third-order valence-electron chi connectivity index (χ3n) is 3.23. The van der Waals surface area contributed by atoms with Crippen LogP contribution in [-0.2, 0) is 0 Å². The molecule has 8 heteroatoms. The molecule has 1 aliphatic heterocycles. The Bertz CT molecular complexity index is 540. The number of nitrogens with two attached hydrogens (primary N) is 1. The van der Waals surface area contributed by atoms with Crippen LogP contribution in [0.2, 0.25) is 0 Å². The summed E-state index contributed by atoms with van der Waals surface area (Å²) >= 11 is 0. The number of nitrogen functional groups attached to an aromatic ring is 1. The van der Waals surface area contributed by atoms with Crippen LogP contribution in [0.1, 0.15) is 18.9 Å². The summed E-state index contributed by atoms with van der Waals surface area (Å²) in [5, 5.41) is 8.23. The van der Waals surface area contributed by atoms with Gasteiger partial charge in [-0.2, -0.15) is 13.5 Å². The predicted octanol–water partition coefficient (Wildman–Crippen LogP) is 0.183. The molecule has 18 heavy (non-hydrogen) atoms. The highest BCUT2D eigenvalue weighted by Crippen LogP contribution is 2.23. The molecule has 2 N–H and O–H groups in total. The van der Waals surface area contributed by atoms with Crippen molar-refractivity contribution in [3.05, 3.63) is 6.33 Å². The largest absolute Gasteiger partial charge is 0.382 e. The van der Waals surface area contributed by atoms with Gasteiger partial charge in [0, 0.05) is 6.54 Å². The molecule has 0 radical (unpaired) electrons. The number of likely N-dealkylation sites (N-methyl/N-ethyl adjacent to an activating group) is 1. The van der Waals surface area contributed by atoms with E-state index in [0.29, 0.717) is 17.4 Å². The Labute approximate surface area is 112 Å². The fraction of sp³-hybridized carbons (Fsp3) is 0.600.